The molecule has 1 N–H and O–H groups in total. The SMILES string of the molecule is COCc1nc(C2CCCCN2Cc2cnoc2C2CC2)n[nH]1. The van der Waals surface area contributed by atoms with Crippen LogP contribution in [0, 0.1) is 0 Å². The van der Waals surface area contributed by atoms with Gasteiger partial charge in [-0.05, 0) is 32.2 Å². The molecule has 2 fully saturated rings. The van der Waals surface area contributed by atoms with Crippen molar-refractivity contribution in [3.05, 3.63) is 29.2 Å². The topological polar surface area (TPSA) is 80.1 Å². The zero-order valence-corrected chi connectivity index (χ0v) is 13.5. The highest BCUT2D eigenvalue weighted by atomic mass is 16.5. The van der Waals surface area contributed by atoms with Crippen LogP contribution in [-0.4, -0.2) is 38.9 Å². The Hall–Kier alpha value is -1.73. The normalized spacial score (nSPS) is 22.6. The van der Waals surface area contributed by atoms with Gasteiger partial charge in [0.25, 0.3) is 0 Å². The highest BCUT2D eigenvalue weighted by Gasteiger charge is 2.33. The van der Waals surface area contributed by atoms with Crippen molar-refractivity contribution < 1.29 is 9.26 Å². The van der Waals surface area contributed by atoms with Gasteiger partial charge in [-0.2, -0.15) is 5.10 Å². The molecule has 2 aromatic rings. The molecule has 2 aromatic heterocycles. The molecule has 1 saturated heterocycles. The van der Waals surface area contributed by atoms with E-state index in [1.807, 2.05) is 6.20 Å². The van der Waals surface area contributed by atoms with Gasteiger partial charge in [-0.1, -0.05) is 11.6 Å². The standard InChI is InChI=1S/C16H23N5O2/c1-22-10-14-18-16(20-19-14)13-4-2-3-7-21(13)9-12-8-17-23-15(12)11-5-6-11/h8,11,13H,2-7,9-10H2,1H3,(H,18,19,20). The molecule has 7 nitrogen and oxygen atoms in total. The molecule has 1 aliphatic carbocycles. The minimum atomic E-state index is 0.257. The number of hydrogen-bond acceptors (Lipinski definition) is 6. The van der Waals surface area contributed by atoms with E-state index in [4.69, 9.17) is 9.26 Å². The van der Waals surface area contributed by atoms with Crippen LogP contribution in [0.25, 0.3) is 0 Å². The smallest absolute Gasteiger partial charge is 0.167 e. The number of aromatic amines is 1. The Balaban J connectivity index is 1.51. The van der Waals surface area contributed by atoms with Gasteiger partial charge in [-0.3, -0.25) is 10.00 Å². The Morgan fingerprint density at radius 2 is 2.26 bits per heavy atom. The lowest BCUT2D eigenvalue weighted by atomic mass is 10.0. The Morgan fingerprint density at radius 3 is 3.09 bits per heavy atom. The van der Waals surface area contributed by atoms with Crippen LogP contribution in [0.1, 0.15) is 67.0 Å². The van der Waals surface area contributed by atoms with Crippen molar-refractivity contribution in [1.82, 2.24) is 25.2 Å². The number of hydrogen-bond donors (Lipinski definition) is 1. The molecule has 0 aromatic carbocycles. The van der Waals surface area contributed by atoms with Crippen molar-refractivity contribution in [1.29, 1.82) is 0 Å². The lowest BCUT2D eigenvalue weighted by molar-refractivity contribution is 0.132. The lowest BCUT2D eigenvalue weighted by Gasteiger charge is -2.33. The van der Waals surface area contributed by atoms with Crippen molar-refractivity contribution in [3.63, 3.8) is 0 Å². The Bertz CT molecular complexity index is 648. The predicted octanol–water partition coefficient (Wildman–Crippen LogP) is 2.54. The van der Waals surface area contributed by atoms with Gasteiger partial charge in [0.05, 0.1) is 12.2 Å². The Morgan fingerprint density at radius 1 is 1.35 bits per heavy atom. The van der Waals surface area contributed by atoms with Gasteiger partial charge in [-0.15, -0.1) is 0 Å². The van der Waals surface area contributed by atoms with Crippen LogP contribution < -0.4 is 0 Å². The first-order valence-electron chi connectivity index (χ1n) is 8.42. The number of aromatic nitrogens is 4. The first-order chi connectivity index (χ1) is 11.3. The number of nitrogens with zero attached hydrogens (tertiary/aromatic N) is 4. The minimum absolute atomic E-state index is 0.257. The second-order valence-electron chi connectivity index (χ2n) is 6.54. The summed E-state index contributed by atoms with van der Waals surface area (Å²) in [7, 11) is 1.67. The average Bonchev–Trinajstić information content (AvgIpc) is 3.13. The monoisotopic (exact) mass is 317 g/mol. The fraction of sp³-hybridized carbons (Fsp3) is 0.688. The molecule has 7 heteroatoms. The highest BCUT2D eigenvalue weighted by molar-refractivity contribution is 5.22. The van der Waals surface area contributed by atoms with Crippen molar-refractivity contribution in [2.24, 2.45) is 0 Å². The van der Waals surface area contributed by atoms with E-state index in [1.54, 1.807) is 7.11 Å². The van der Waals surface area contributed by atoms with Crippen LogP contribution in [-0.2, 0) is 17.9 Å². The number of likely N-dealkylation sites (tertiary alicyclic amines) is 1. The summed E-state index contributed by atoms with van der Waals surface area (Å²) >= 11 is 0. The van der Waals surface area contributed by atoms with E-state index in [9.17, 15) is 0 Å². The zero-order chi connectivity index (χ0) is 15.6. The Kier molecular flexibility index (Phi) is 4.13. The largest absolute Gasteiger partial charge is 0.377 e. The second kappa shape index (κ2) is 6.41. The summed E-state index contributed by atoms with van der Waals surface area (Å²) < 4.78 is 10.6. The maximum Gasteiger partial charge on any atom is 0.167 e. The van der Waals surface area contributed by atoms with Crippen molar-refractivity contribution in [2.75, 3.05) is 13.7 Å². The number of methoxy groups -OCH3 is 1. The van der Waals surface area contributed by atoms with Gasteiger partial charge in [0.1, 0.15) is 12.4 Å². The van der Waals surface area contributed by atoms with Crippen molar-refractivity contribution in [2.45, 2.75) is 57.2 Å². The van der Waals surface area contributed by atoms with E-state index >= 15 is 0 Å². The molecule has 2 aliphatic rings. The first-order valence-corrected chi connectivity index (χ1v) is 8.42. The maximum atomic E-state index is 5.48. The lowest BCUT2D eigenvalue weighted by Crippen LogP contribution is -2.33. The molecular weight excluding hydrogens is 294 g/mol. The van der Waals surface area contributed by atoms with Crippen LogP contribution in [0.3, 0.4) is 0 Å². The van der Waals surface area contributed by atoms with Crippen LogP contribution in [0.5, 0.6) is 0 Å². The quantitative estimate of drug-likeness (QED) is 0.882. The number of ether oxygens (including phenoxy) is 1. The minimum Gasteiger partial charge on any atom is -0.377 e. The average molecular weight is 317 g/mol. The number of nitrogens with one attached hydrogen (secondary N) is 1. The fourth-order valence-electron chi connectivity index (χ4n) is 3.42. The molecule has 1 aliphatic heterocycles. The van der Waals surface area contributed by atoms with E-state index in [1.165, 1.54) is 31.2 Å². The van der Waals surface area contributed by atoms with Crippen LogP contribution >= 0.6 is 0 Å². The third kappa shape index (κ3) is 3.16. The zero-order valence-electron chi connectivity index (χ0n) is 13.5. The summed E-state index contributed by atoms with van der Waals surface area (Å²) in [6.07, 6.45) is 7.87. The van der Waals surface area contributed by atoms with E-state index < -0.39 is 0 Å². The van der Waals surface area contributed by atoms with E-state index in [-0.39, 0.29) is 6.04 Å². The van der Waals surface area contributed by atoms with Gasteiger partial charge in [-0.25, -0.2) is 4.98 Å². The summed E-state index contributed by atoms with van der Waals surface area (Å²) in [5.74, 6) is 3.34. The summed E-state index contributed by atoms with van der Waals surface area (Å²) in [6, 6.07) is 0.257. The molecule has 0 bridgehead atoms. The number of H-pyrrole nitrogens is 1. The molecule has 0 radical (unpaired) electrons. The van der Waals surface area contributed by atoms with Gasteiger partial charge in [0, 0.05) is 25.1 Å². The molecule has 1 atom stereocenters. The molecule has 1 saturated carbocycles. The van der Waals surface area contributed by atoms with Crippen molar-refractivity contribution in [3.8, 4) is 0 Å². The van der Waals surface area contributed by atoms with E-state index in [2.05, 4.69) is 25.2 Å². The van der Waals surface area contributed by atoms with E-state index in [0.717, 1.165) is 36.9 Å². The summed E-state index contributed by atoms with van der Waals surface area (Å²) in [5, 5.41) is 11.4. The Labute approximate surface area is 135 Å². The van der Waals surface area contributed by atoms with Gasteiger partial charge in [0.15, 0.2) is 11.6 Å². The summed E-state index contributed by atoms with van der Waals surface area (Å²) in [6.45, 7) is 2.40. The number of rotatable bonds is 6. The van der Waals surface area contributed by atoms with Crippen molar-refractivity contribution >= 4 is 0 Å². The molecule has 4 rings (SSSR count). The second-order valence-corrected chi connectivity index (χ2v) is 6.54. The maximum absolute atomic E-state index is 5.48. The van der Waals surface area contributed by atoms with Crippen LogP contribution in [0.4, 0.5) is 0 Å². The predicted molar refractivity (Wildman–Crippen MR) is 82.6 cm³/mol. The highest BCUT2D eigenvalue weighted by Crippen LogP contribution is 2.42. The third-order valence-electron chi connectivity index (χ3n) is 4.74. The third-order valence-corrected chi connectivity index (χ3v) is 4.74. The molecule has 0 spiro atoms. The number of piperidine rings is 1. The first kappa shape index (κ1) is 14.8. The molecular formula is C16H23N5O2. The molecule has 0 amide bonds. The molecule has 3 heterocycles. The van der Waals surface area contributed by atoms with Gasteiger partial charge >= 0.3 is 0 Å². The summed E-state index contributed by atoms with van der Waals surface area (Å²) in [5.41, 5.74) is 1.23. The molecule has 1 unspecified atom stereocenters. The molecule has 23 heavy (non-hydrogen) atoms. The van der Waals surface area contributed by atoms with Crippen LogP contribution in [0.2, 0.25) is 0 Å². The van der Waals surface area contributed by atoms with Gasteiger partial charge < -0.3 is 9.26 Å². The summed E-state index contributed by atoms with van der Waals surface area (Å²) in [4.78, 5) is 7.06. The van der Waals surface area contributed by atoms with Gasteiger partial charge in [0.2, 0.25) is 0 Å². The van der Waals surface area contributed by atoms with E-state index in [0.29, 0.717) is 12.5 Å². The molecule has 124 valence electrons. The fourth-order valence-corrected chi connectivity index (χ4v) is 3.42. The van der Waals surface area contributed by atoms with Crippen LogP contribution in [0.15, 0.2) is 10.7 Å².